The zero-order chi connectivity index (χ0) is 16.7. The zero-order valence-corrected chi connectivity index (χ0v) is 14.7. The highest BCUT2D eigenvalue weighted by molar-refractivity contribution is 7.89. The molecule has 0 amide bonds. The second-order valence-corrected chi connectivity index (χ2v) is 7.95. The summed E-state index contributed by atoms with van der Waals surface area (Å²) in [5.41, 5.74) is 6.63. The molecule has 23 heavy (non-hydrogen) atoms. The summed E-state index contributed by atoms with van der Waals surface area (Å²) in [4.78, 5) is 0.389. The number of rotatable bonds is 8. The fourth-order valence-corrected chi connectivity index (χ4v) is 4.31. The van der Waals surface area contributed by atoms with E-state index in [1.165, 1.54) is 5.56 Å². The number of aryl methyl sites for hydroxylation is 1. The maximum absolute atomic E-state index is 12.7. The molecular weight excluding hydrogens is 312 g/mol. The average Bonchev–Trinajstić information content (AvgIpc) is 2.56. The number of hydrogen-bond donors (Lipinski definition) is 1. The third kappa shape index (κ3) is 5.01. The first-order valence-electron chi connectivity index (χ1n) is 8.48. The fourth-order valence-electron chi connectivity index (χ4n) is 2.84. The minimum atomic E-state index is -3.38. The van der Waals surface area contributed by atoms with E-state index in [1.807, 2.05) is 12.1 Å². The van der Waals surface area contributed by atoms with Crippen molar-refractivity contribution in [3.05, 3.63) is 29.8 Å². The molecule has 1 aliphatic heterocycles. The van der Waals surface area contributed by atoms with Crippen molar-refractivity contribution in [3.8, 4) is 0 Å². The lowest BCUT2D eigenvalue weighted by Gasteiger charge is -2.31. The molecule has 1 saturated heterocycles. The molecule has 1 aromatic carbocycles. The van der Waals surface area contributed by atoms with Crippen molar-refractivity contribution in [1.82, 2.24) is 4.31 Å². The Morgan fingerprint density at radius 3 is 2.43 bits per heavy atom. The third-order valence-corrected chi connectivity index (χ3v) is 6.12. The second-order valence-electron chi connectivity index (χ2n) is 6.01. The zero-order valence-electron chi connectivity index (χ0n) is 13.9. The molecule has 0 radical (unpaired) electrons. The van der Waals surface area contributed by atoms with E-state index in [4.69, 9.17) is 10.5 Å². The van der Waals surface area contributed by atoms with Crippen molar-refractivity contribution >= 4 is 10.0 Å². The molecule has 0 unspecified atom stereocenters. The van der Waals surface area contributed by atoms with Crippen molar-refractivity contribution in [1.29, 1.82) is 0 Å². The molecule has 5 nitrogen and oxygen atoms in total. The maximum Gasteiger partial charge on any atom is 0.243 e. The highest BCUT2D eigenvalue weighted by Crippen LogP contribution is 2.22. The Morgan fingerprint density at radius 1 is 1.22 bits per heavy atom. The summed E-state index contributed by atoms with van der Waals surface area (Å²) >= 11 is 0. The van der Waals surface area contributed by atoms with E-state index in [0.717, 1.165) is 32.1 Å². The molecule has 1 fully saturated rings. The van der Waals surface area contributed by atoms with Crippen LogP contribution in [-0.4, -0.2) is 45.1 Å². The van der Waals surface area contributed by atoms with Gasteiger partial charge in [0, 0.05) is 19.7 Å². The summed E-state index contributed by atoms with van der Waals surface area (Å²) < 4.78 is 32.7. The Bertz CT molecular complexity index is 564. The lowest BCUT2D eigenvalue weighted by atomic mass is 10.1. The summed E-state index contributed by atoms with van der Waals surface area (Å²) in [6, 6.07) is 7.28. The summed E-state index contributed by atoms with van der Waals surface area (Å²) in [6.07, 6.45) is 4.54. The van der Waals surface area contributed by atoms with Gasteiger partial charge < -0.3 is 10.5 Å². The van der Waals surface area contributed by atoms with Gasteiger partial charge in [-0.15, -0.1) is 0 Å². The minimum absolute atomic E-state index is 0.153. The molecule has 0 atom stereocenters. The Labute approximate surface area is 139 Å². The van der Waals surface area contributed by atoms with Gasteiger partial charge in [-0.2, -0.15) is 4.31 Å². The van der Waals surface area contributed by atoms with Crippen LogP contribution in [0.15, 0.2) is 29.2 Å². The molecular formula is C17H28N2O3S. The molecule has 2 N–H and O–H groups in total. The molecule has 1 aliphatic rings. The predicted octanol–water partition coefficient (Wildman–Crippen LogP) is 2.16. The summed E-state index contributed by atoms with van der Waals surface area (Å²) in [6.45, 7) is 4.44. The largest absolute Gasteiger partial charge is 0.378 e. The quantitative estimate of drug-likeness (QED) is 0.736. The standard InChI is InChI=1S/C17H28N2O3S/c1-2-4-15-5-7-17(8-6-15)23(20,21)19-12-9-16(10-13-19)22-14-3-11-18/h5-8,16H,2-4,9-14,18H2,1H3. The van der Waals surface area contributed by atoms with Crippen LogP contribution in [0.5, 0.6) is 0 Å². The molecule has 1 aromatic rings. The Hall–Kier alpha value is -0.950. The van der Waals surface area contributed by atoms with Gasteiger partial charge in [0.25, 0.3) is 0 Å². The highest BCUT2D eigenvalue weighted by Gasteiger charge is 2.29. The van der Waals surface area contributed by atoms with Gasteiger partial charge in [-0.25, -0.2) is 8.42 Å². The number of piperidine rings is 1. The van der Waals surface area contributed by atoms with Crippen LogP contribution >= 0.6 is 0 Å². The normalized spacial score (nSPS) is 17.5. The van der Waals surface area contributed by atoms with Crippen molar-refractivity contribution in [2.75, 3.05) is 26.2 Å². The smallest absolute Gasteiger partial charge is 0.243 e. The average molecular weight is 340 g/mol. The predicted molar refractivity (Wildman–Crippen MR) is 91.8 cm³/mol. The van der Waals surface area contributed by atoms with Gasteiger partial charge in [0.15, 0.2) is 0 Å². The molecule has 130 valence electrons. The molecule has 0 spiro atoms. The first-order chi connectivity index (χ1) is 11.1. The molecule has 6 heteroatoms. The lowest BCUT2D eigenvalue weighted by molar-refractivity contribution is 0.0209. The van der Waals surface area contributed by atoms with Gasteiger partial charge in [0.1, 0.15) is 0 Å². The Kier molecular flexibility index (Phi) is 7.02. The van der Waals surface area contributed by atoms with Gasteiger partial charge in [-0.05, 0) is 49.9 Å². The maximum atomic E-state index is 12.7. The topological polar surface area (TPSA) is 72.6 Å². The van der Waals surface area contributed by atoms with Crippen LogP contribution in [0.2, 0.25) is 0 Å². The van der Waals surface area contributed by atoms with Crippen LogP contribution in [0.3, 0.4) is 0 Å². The number of hydrogen-bond acceptors (Lipinski definition) is 4. The molecule has 0 saturated carbocycles. The van der Waals surface area contributed by atoms with Crippen molar-refractivity contribution in [2.24, 2.45) is 5.73 Å². The first kappa shape index (κ1) is 18.4. The summed E-state index contributed by atoms with van der Waals surface area (Å²) in [5, 5.41) is 0. The van der Waals surface area contributed by atoms with Crippen molar-refractivity contribution < 1.29 is 13.2 Å². The first-order valence-corrected chi connectivity index (χ1v) is 9.92. The van der Waals surface area contributed by atoms with E-state index in [0.29, 0.717) is 31.1 Å². The minimum Gasteiger partial charge on any atom is -0.378 e. The van der Waals surface area contributed by atoms with Crippen LogP contribution in [0.1, 0.15) is 38.2 Å². The molecule has 0 bridgehead atoms. The lowest BCUT2D eigenvalue weighted by Crippen LogP contribution is -2.41. The van der Waals surface area contributed by atoms with Gasteiger partial charge in [-0.3, -0.25) is 0 Å². The van der Waals surface area contributed by atoms with Crippen LogP contribution in [0, 0.1) is 0 Å². The number of nitrogens with two attached hydrogens (primary N) is 1. The van der Waals surface area contributed by atoms with Gasteiger partial charge in [0.05, 0.1) is 11.0 Å². The Balaban J connectivity index is 1.93. The van der Waals surface area contributed by atoms with E-state index >= 15 is 0 Å². The third-order valence-electron chi connectivity index (χ3n) is 4.20. The monoisotopic (exact) mass is 340 g/mol. The van der Waals surface area contributed by atoms with Crippen molar-refractivity contribution in [3.63, 3.8) is 0 Å². The van der Waals surface area contributed by atoms with Crippen LogP contribution in [0.4, 0.5) is 0 Å². The highest BCUT2D eigenvalue weighted by atomic mass is 32.2. The van der Waals surface area contributed by atoms with E-state index in [9.17, 15) is 8.42 Å². The fraction of sp³-hybridized carbons (Fsp3) is 0.647. The Morgan fingerprint density at radius 2 is 1.87 bits per heavy atom. The SMILES string of the molecule is CCCc1ccc(S(=O)(=O)N2CCC(OCCCN)CC2)cc1. The van der Waals surface area contributed by atoms with E-state index in [2.05, 4.69) is 6.92 Å². The van der Waals surface area contributed by atoms with Crippen LogP contribution in [-0.2, 0) is 21.2 Å². The number of ether oxygens (including phenoxy) is 1. The van der Waals surface area contributed by atoms with E-state index < -0.39 is 10.0 Å². The molecule has 0 aromatic heterocycles. The molecule has 1 heterocycles. The number of benzene rings is 1. The van der Waals surface area contributed by atoms with E-state index in [-0.39, 0.29) is 6.10 Å². The van der Waals surface area contributed by atoms with Crippen LogP contribution in [0.25, 0.3) is 0 Å². The van der Waals surface area contributed by atoms with Gasteiger partial charge in [-0.1, -0.05) is 25.5 Å². The van der Waals surface area contributed by atoms with Crippen LogP contribution < -0.4 is 5.73 Å². The summed E-state index contributed by atoms with van der Waals surface area (Å²) in [7, 11) is -3.38. The van der Waals surface area contributed by atoms with Gasteiger partial charge in [0.2, 0.25) is 10.0 Å². The van der Waals surface area contributed by atoms with Crippen molar-refractivity contribution in [2.45, 2.75) is 50.0 Å². The van der Waals surface area contributed by atoms with Gasteiger partial charge >= 0.3 is 0 Å². The molecule has 0 aliphatic carbocycles. The van der Waals surface area contributed by atoms with E-state index in [1.54, 1.807) is 16.4 Å². The number of nitrogens with zero attached hydrogens (tertiary/aromatic N) is 1. The number of sulfonamides is 1. The second kappa shape index (κ2) is 8.78. The summed E-state index contributed by atoms with van der Waals surface area (Å²) in [5.74, 6) is 0. The molecule has 2 rings (SSSR count).